The maximum atomic E-state index is 14.3. The van der Waals surface area contributed by atoms with E-state index in [0.29, 0.717) is 12.2 Å². The van der Waals surface area contributed by atoms with E-state index in [9.17, 15) is 18.0 Å². The summed E-state index contributed by atoms with van der Waals surface area (Å²) in [5.41, 5.74) is 2.84. The molecule has 0 radical (unpaired) electrons. The Morgan fingerprint density at radius 1 is 0.929 bits per heavy atom. The second-order valence-electron chi connectivity index (χ2n) is 10.4. The summed E-state index contributed by atoms with van der Waals surface area (Å²) in [5.74, 6) is -0.206. The smallest absolute Gasteiger partial charge is 0.264 e. The van der Waals surface area contributed by atoms with Crippen LogP contribution in [0.2, 0.25) is 0 Å². The number of aryl methyl sites for hydroxylation is 2. The Balaban J connectivity index is 2.17. The third-order valence-electron chi connectivity index (χ3n) is 6.96. The van der Waals surface area contributed by atoms with Crippen LogP contribution in [0, 0.1) is 13.8 Å². The standard InChI is InChI=1S/C32H41N3O6S/c1-8-28(32(37)33-22(2)3)34(20-25-12-10-9-11-24(25)5)31(36)21-35(29-19-26(40-6)15-18-30(29)41-7)42(38,39)27-16-13-23(4)14-17-27/h9-19,22,28H,8,20-21H2,1-7H3,(H,33,37). The van der Waals surface area contributed by atoms with E-state index in [1.165, 1.54) is 37.3 Å². The summed E-state index contributed by atoms with van der Waals surface area (Å²) in [7, 11) is -1.36. The Kier molecular flexibility index (Phi) is 11.0. The van der Waals surface area contributed by atoms with Gasteiger partial charge in [-0.05, 0) is 69.5 Å². The maximum absolute atomic E-state index is 14.3. The SMILES string of the molecule is CCC(C(=O)NC(C)C)N(Cc1ccccc1C)C(=O)CN(c1cc(OC)ccc1OC)S(=O)(=O)c1ccc(C)cc1. The highest BCUT2D eigenvalue weighted by atomic mass is 32.2. The summed E-state index contributed by atoms with van der Waals surface area (Å²) in [6.07, 6.45) is 0.337. The molecule has 0 saturated carbocycles. The normalized spacial score (nSPS) is 12.0. The molecule has 2 amide bonds. The average molecular weight is 596 g/mol. The molecule has 10 heteroatoms. The van der Waals surface area contributed by atoms with Crippen molar-refractivity contribution >= 4 is 27.5 Å². The van der Waals surface area contributed by atoms with Crippen LogP contribution in [0.1, 0.15) is 43.9 Å². The number of rotatable bonds is 13. The molecule has 0 fully saturated rings. The van der Waals surface area contributed by atoms with Crippen LogP contribution in [0.15, 0.2) is 71.6 Å². The lowest BCUT2D eigenvalue weighted by Crippen LogP contribution is -2.53. The number of benzene rings is 3. The second-order valence-corrected chi connectivity index (χ2v) is 12.3. The van der Waals surface area contributed by atoms with Crippen LogP contribution in [0.25, 0.3) is 0 Å². The van der Waals surface area contributed by atoms with Gasteiger partial charge < -0.3 is 19.7 Å². The Morgan fingerprint density at radius 2 is 1.60 bits per heavy atom. The molecule has 1 atom stereocenters. The highest BCUT2D eigenvalue weighted by molar-refractivity contribution is 7.92. The van der Waals surface area contributed by atoms with Gasteiger partial charge >= 0.3 is 0 Å². The van der Waals surface area contributed by atoms with Gasteiger partial charge in [0, 0.05) is 18.7 Å². The largest absolute Gasteiger partial charge is 0.497 e. The second kappa shape index (κ2) is 14.2. The van der Waals surface area contributed by atoms with Gasteiger partial charge in [0.1, 0.15) is 24.1 Å². The zero-order valence-corrected chi connectivity index (χ0v) is 26.2. The van der Waals surface area contributed by atoms with Crippen molar-refractivity contribution in [2.24, 2.45) is 0 Å². The minimum absolute atomic E-state index is 0.0146. The molecule has 0 aliphatic heterocycles. The predicted molar refractivity (Wildman–Crippen MR) is 164 cm³/mol. The first-order chi connectivity index (χ1) is 19.9. The van der Waals surface area contributed by atoms with Gasteiger partial charge in [0.15, 0.2) is 0 Å². The van der Waals surface area contributed by atoms with Crippen LogP contribution in [0.4, 0.5) is 5.69 Å². The van der Waals surface area contributed by atoms with Gasteiger partial charge in [-0.15, -0.1) is 0 Å². The monoisotopic (exact) mass is 595 g/mol. The van der Waals surface area contributed by atoms with Gasteiger partial charge in [-0.1, -0.05) is 48.9 Å². The molecule has 0 bridgehead atoms. The highest BCUT2D eigenvalue weighted by Crippen LogP contribution is 2.36. The van der Waals surface area contributed by atoms with Crippen LogP contribution in [0.5, 0.6) is 11.5 Å². The number of carbonyl (C=O) groups is 2. The van der Waals surface area contributed by atoms with Crippen molar-refractivity contribution in [1.82, 2.24) is 10.2 Å². The van der Waals surface area contributed by atoms with E-state index in [1.54, 1.807) is 24.3 Å². The molecule has 1 N–H and O–H groups in total. The third-order valence-corrected chi connectivity index (χ3v) is 8.74. The lowest BCUT2D eigenvalue weighted by atomic mass is 10.1. The van der Waals surface area contributed by atoms with Crippen molar-refractivity contribution in [2.75, 3.05) is 25.1 Å². The number of sulfonamides is 1. The fourth-order valence-corrected chi connectivity index (χ4v) is 6.03. The van der Waals surface area contributed by atoms with Crippen molar-refractivity contribution in [2.45, 2.75) is 64.6 Å². The summed E-state index contributed by atoms with van der Waals surface area (Å²) in [4.78, 5) is 29.1. The fraction of sp³-hybridized carbons (Fsp3) is 0.375. The van der Waals surface area contributed by atoms with E-state index >= 15 is 0 Å². The molecule has 0 saturated heterocycles. The molecule has 9 nitrogen and oxygen atoms in total. The quantitative estimate of drug-likeness (QED) is 0.303. The van der Waals surface area contributed by atoms with Crippen LogP contribution < -0.4 is 19.1 Å². The van der Waals surface area contributed by atoms with E-state index < -0.39 is 28.5 Å². The molecule has 0 spiro atoms. The number of hydrogen-bond acceptors (Lipinski definition) is 6. The predicted octanol–water partition coefficient (Wildman–Crippen LogP) is 4.85. The van der Waals surface area contributed by atoms with E-state index in [0.717, 1.165) is 21.0 Å². The van der Waals surface area contributed by atoms with Gasteiger partial charge in [-0.25, -0.2) is 8.42 Å². The third kappa shape index (κ3) is 7.61. The Hall–Kier alpha value is -4.05. The van der Waals surface area contributed by atoms with Gasteiger partial charge in [0.25, 0.3) is 10.0 Å². The lowest BCUT2D eigenvalue weighted by molar-refractivity contribution is -0.140. The molecule has 3 aromatic rings. The topological polar surface area (TPSA) is 105 Å². The first-order valence-electron chi connectivity index (χ1n) is 13.9. The van der Waals surface area contributed by atoms with Crippen LogP contribution in [-0.4, -0.2) is 58.0 Å². The summed E-state index contributed by atoms with van der Waals surface area (Å²) >= 11 is 0. The number of methoxy groups -OCH3 is 2. The van der Waals surface area contributed by atoms with Crippen molar-refractivity contribution in [3.63, 3.8) is 0 Å². The number of amides is 2. The minimum Gasteiger partial charge on any atom is -0.497 e. The average Bonchev–Trinajstić information content (AvgIpc) is 2.96. The van der Waals surface area contributed by atoms with Gasteiger partial charge in [0.05, 0.1) is 24.8 Å². The summed E-state index contributed by atoms with van der Waals surface area (Å²) in [6, 6.07) is 17.8. The molecule has 0 heterocycles. The first-order valence-corrected chi connectivity index (χ1v) is 15.3. The van der Waals surface area contributed by atoms with Crippen molar-refractivity contribution < 1.29 is 27.5 Å². The molecule has 3 rings (SSSR count). The number of carbonyl (C=O) groups excluding carboxylic acids is 2. The number of anilines is 1. The lowest BCUT2D eigenvalue weighted by Gasteiger charge is -2.34. The van der Waals surface area contributed by atoms with E-state index in [4.69, 9.17) is 9.47 Å². The Labute approximate surface area is 249 Å². The molecule has 0 aliphatic rings. The molecular weight excluding hydrogens is 554 g/mol. The molecular formula is C32H41N3O6S. The summed E-state index contributed by atoms with van der Waals surface area (Å²) in [5, 5.41) is 2.91. The first kappa shape index (κ1) is 32.5. The number of hydrogen-bond donors (Lipinski definition) is 1. The van der Waals surface area contributed by atoms with Crippen molar-refractivity contribution in [3.05, 3.63) is 83.4 Å². The molecule has 1 unspecified atom stereocenters. The molecule has 42 heavy (non-hydrogen) atoms. The maximum Gasteiger partial charge on any atom is 0.264 e. The zero-order valence-electron chi connectivity index (χ0n) is 25.4. The van der Waals surface area contributed by atoms with Crippen LogP contribution >= 0.6 is 0 Å². The Morgan fingerprint density at radius 3 is 2.17 bits per heavy atom. The zero-order chi connectivity index (χ0) is 31.0. The fourth-order valence-electron chi connectivity index (χ4n) is 4.61. The van der Waals surface area contributed by atoms with E-state index in [2.05, 4.69) is 5.32 Å². The van der Waals surface area contributed by atoms with Gasteiger partial charge in [-0.2, -0.15) is 0 Å². The number of nitrogens with one attached hydrogen (secondary N) is 1. The number of ether oxygens (including phenoxy) is 2. The van der Waals surface area contributed by atoms with Crippen molar-refractivity contribution in [3.8, 4) is 11.5 Å². The van der Waals surface area contributed by atoms with Crippen molar-refractivity contribution in [1.29, 1.82) is 0 Å². The van der Waals surface area contributed by atoms with E-state index in [1.807, 2.05) is 58.9 Å². The molecule has 0 aliphatic carbocycles. The number of nitrogens with zero attached hydrogens (tertiary/aromatic N) is 2. The summed E-state index contributed by atoms with van der Waals surface area (Å²) < 4.78 is 40.3. The molecule has 3 aromatic carbocycles. The van der Waals surface area contributed by atoms with E-state index in [-0.39, 0.29) is 34.8 Å². The molecule has 226 valence electrons. The minimum atomic E-state index is -4.26. The highest BCUT2D eigenvalue weighted by Gasteiger charge is 2.35. The van der Waals surface area contributed by atoms with Crippen LogP contribution in [0.3, 0.4) is 0 Å². The molecule has 0 aromatic heterocycles. The Bertz CT molecular complexity index is 1490. The van der Waals surface area contributed by atoms with Gasteiger partial charge in [-0.3, -0.25) is 13.9 Å². The van der Waals surface area contributed by atoms with Crippen LogP contribution in [-0.2, 0) is 26.2 Å². The summed E-state index contributed by atoms with van der Waals surface area (Å²) in [6.45, 7) is 8.88. The van der Waals surface area contributed by atoms with Gasteiger partial charge in [0.2, 0.25) is 11.8 Å².